The fourth-order valence-electron chi connectivity index (χ4n) is 2.50. The van der Waals surface area contributed by atoms with Gasteiger partial charge in [0.2, 0.25) is 5.88 Å². The maximum absolute atomic E-state index is 12.3. The van der Waals surface area contributed by atoms with Crippen molar-refractivity contribution in [3.63, 3.8) is 0 Å². The predicted octanol–water partition coefficient (Wildman–Crippen LogP) is 1.19. The molecule has 1 N–H and O–H groups in total. The number of likely N-dealkylation sites (tertiary alicyclic amines) is 1. The Hall–Kier alpha value is -2.47. The molecule has 0 aliphatic carbocycles. The minimum atomic E-state index is -1.13. The van der Waals surface area contributed by atoms with Crippen molar-refractivity contribution < 1.29 is 14.6 Å². The summed E-state index contributed by atoms with van der Waals surface area (Å²) >= 11 is 0. The van der Waals surface area contributed by atoms with Crippen molar-refractivity contribution in [3.05, 3.63) is 54.2 Å². The maximum Gasteiger partial charge on any atom is 0.256 e. The first-order valence-electron chi connectivity index (χ1n) is 7.20. The molecule has 2 aromatic rings. The van der Waals surface area contributed by atoms with Crippen LogP contribution in [0.3, 0.4) is 0 Å². The highest BCUT2D eigenvalue weighted by atomic mass is 16.5. The smallest absolute Gasteiger partial charge is 0.256 e. The standard InChI is InChI=1S/C16H17N3O3/c20-15(12-5-2-1-3-6-12)16(21)19-10-8-13(11-19)22-14-7-4-9-17-18-14/h1-7,9,13,15,20H,8,10-11H2/t13-,15+/m0/s1. The molecule has 0 bridgehead atoms. The summed E-state index contributed by atoms with van der Waals surface area (Å²) in [6.45, 7) is 1.01. The molecule has 1 aliphatic rings. The van der Waals surface area contributed by atoms with E-state index in [4.69, 9.17) is 4.74 Å². The van der Waals surface area contributed by atoms with Gasteiger partial charge >= 0.3 is 0 Å². The van der Waals surface area contributed by atoms with Gasteiger partial charge in [-0.05, 0) is 11.6 Å². The van der Waals surface area contributed by atoms with Crippen LogP contribution in [0.2, 0.25) is 0 Å². The van der Waals surface area contributed by atoms with Gasteiger partial charge in [0, 0.05) is 25.2 Å². The molecule has 22 heavy (non-hydrogen) atoms. The molecule has 6 nitrogen and oxygen atoms in total. The van der Waals surface area contributed by atoms with Gasteiger partial charge in [0.1, 0.15) is 6.10 Å². The molecular formula is C16H17N3O3. The zero-order valence-corrected chi connectivity index (χ0v) is 12.0. The predicted molar refractivity (Wildman–Crippen MR) is 79.0 cm³/mol. The second kappa shape index (κ2) is 6.53. The number of hydrogen-bond acceptors (Lipinski definition) is 5. The van der Waals surface area contributed by atoms with E-state index in [1.54, 1.807) is 47.5 Å². The van der Waals surface area contributed by atoms with E-state index < -0.39 is 6.10 Å². The molecule has 2 heterocycles. The molecule has 114 valence electrons. The van der Waals surface area contributed by atoms with Crippen molar-refractivity contribution in [2.75, 3.05) is 13.1 Å². The van der Waals surface area contributed by atoms with E-state index >= 15 is 0 Å². The first kappa shape index (κ1) is 14.5. The van der Waals surface area contributed by atoms with Gasteiger partial charge in [0.25, 0.3) is 5.91 Å². The molecule has 3 rings (SSSR count). The van der Waals surface area contributed by atoms with E-state index in [-0.39, 0.29) is 12.0 Å². The summed E-state index contributed by atoms with van der Waals surface area (Å²) in [5, 5.41) is 17.8. The SMILES string of the molecule is O=C([C@H](O)c1ccccc1)N1CC[C@H](Oc2cccnn2)C1. The van der Waals surface area contributed by atoms with Crippen molar-refractivity contribution in [3.8, 4) is 5.88 Å². The highest BCUT2D eigenvalue weighted by Crippen LogP contribution is 2.21. The summed E-state index contributed by atoms with van der Waals surface area (Å²) in [5.74, 6) is 0.154. The van der Waals surface area contributed by atoms with Gasteiger partial charge in [-0.3, -0.25) is 4.79 Å². The van der Waals surface area contributed by atoms with E-state index in [0.717, 1.165) is 0 Å². The molecule has 0 saturated carbocycles. The first-order valence-corrected chi connectivity index (χ1v) is 7.20. The number of aromatic nitrogens is 2. The highest BCUT2D eigenvalue weighted by molar-refractivity contribution is 5.82. The van der Waals surface area contributed by atoms with Crippen LogP contribution in [-0.4, -0.2) is 45.3 Å². The number of carbonyl (C=O) groups excluding carboxylic acids is 1. The van der Waals surface area contributed by atoms with Gasteiger partial charge in [0.05, 0.1) is 6.54 Å². The Labute approximate surface area is 128 Å². The lowest BCUT2D eigenvalue weighted by Crippen LogP contribution is -2.34. The number of ether oxygens (including phenoxy) is 1. The normalized spacial score (nSPS) is 19.0. The average Bonchev–Trinajstić information content (AvgIpc) is 3.04. The molecule has 0 radical (unpaired) electrons. The van der Waals surface area contributed by atoms with Gasteiger partial charge in [-0.25, -0.2) is 0 Å². The Kier molecular flexibility index (Phi) is 4.29. The van der Waals surface area contributed by atoms with E-state index in [1.807, 2.05) is 6.07 Å². The fourth-order valence-corrected chi connectivity index (χ4v) is 2.50. The molecule has 1 amide bonds. The maximum atomic E-state index is 12.3. The number of rotatable bonds is 4. The van der Waals surface area contributed by atoms with Crippen LogP contribution in [0.15, 0.2) is 48.7 Å². The molecule has 0 spiro atoms. The van der Waals surface area contributed by atoms with Crippen LogP contribution < -0.4 is 4.74 Å². The van der Waals surface area contributed by atoms with Crippen molar-refractivity contribution in [1.29, 1.82) is 0 Å². The monoisotopic (exact) mass is 299 g/mol. The molecule has 2 atom stereocenters. The summed E-state index contributed by atoms with van der Waals surface area (Å²) in [4.78, 5) is 14.0. The fraction of sp³-hybridized carbons (Fsp3) is 0.312. The number of hydrogen-bond donors (Lipinski definition) is 1. The highest BCUT2D eigenvalue weighted by Gasteiger charge is 2.31. The number of amides is 1. The Morgan fingerprint density at radius 3 is 2.82 bits per heavy atom. The van der Waals surface area contributed by atoms with Crippen LogP contribution in [-0.2, 0) is 4.79 Å². The molecule has 1 aliphatic heterocycles. The molecular weight excluding hydrogens is 282 g/mol. The number of nitrogens with zero attached hydrogens (tertiary/aromatic N) is 3. The zero-order chi connectivity index (χ0) is 15.4. The molecule has 0 unspecified atom stereocenters. The molecule has 1 aromatic heterocycles. The summed E-state index contributed by atoms with van der Waals surface area (Å²) in [6.07, 6.45) is 1.04. The van der Waals surface area contributed by atoms with Gasteiger partial charge in [-0.2, -0.15) is 5.10 Å². The van der Waals surface area contributed by atoms with Crippen LogP contribution >= 0.6 is 0 Å². The van der Waals surface area contributed by atoms with Crippen LogP contribution in [0.4, 0.5) is 0 Å². The van der Waals surface area contributed by atoms with Crippen LogP contribution in [0.1, 0.15) is 18.1 Å². The van der Waals surface area contributed by atoms with Crippen molar-refractivity contribution >= 4 is 5.91 Å². The van der Waals surface area contributed by atoms with Gasteiger partial charge < -0.3 is 14.7 Å². The minimum Gasteiger partial charge on any atom is -0.471 e. The third kappa shape index (κ3) is 3.23. The summed E-state index contributed by atoms with van der Waals surface area (Å²) < 4.78 is 5.69. The summed E-state index contributed by atoms with van der Waals surface area (Å²) in [7, 11) is 0. The molecule has 1 saturated heterocycles. The Morgan fingerprint density at radius 2 is 2.09 bits per heavy atom. The minimum absolute atomic E-state index is 0.122. The molecule has 1 aromatic carbocycles. The van der Waals surface area contributed by atoms with E-state index in [0.29, 0.717) is 31.0 Å². The van der Waals surface area contributed by atoms with Gasteiger partial charge in [-0.1, -0.05) is 30.3 Å². The zero-order valence-electron chi connectivity index (χ0n) is 12.0. The lowest BCUT2D eigenvalue weighted by atomic mass is 10.1. The van der Waals surface area contributed by atoms with Crippen LogP contribution in [0.5, 0.6) is 5.88 Å². The number of carbonyl (C=O) groups is 1. The number of benzene rings is 1. The second-order valence-corrected chi connectivity index (χ2v) is 5.19. The van der Waals surface area contributed by atoms with E-state index in [9.17, 15) is 9.90 Å². The number of aliphatic hydroxyl groups excluding tert-OH is 1. The topological polar surface area (TPSA) is 75.5 Å². The van der Waals surface area contributed by atoms with Crippen LogP contribution in [0.25, 0.3) is 0 Å². The first-order chi connectivity index (χ1) is 10.7. The van der Waals surface area contributed by atoms with Crippen LogP contribution in [0, 0.1) is 0 Å². The quantitative estimate of drug-likeness (QED) is 0.918. The number of aliphatic hydroxyl groups is 1. The van der Waals surface area contributed by atoms with Crippen molar-refractivity contribution in [1.82, 2.24) is 15.1 Å². The largest absolute Gasteiger partial charge is 0.471 e. The lowest BCUT2D eigenvalue weighted by molar-refractivity contribution is -0.139. The molecule has 1 fully saturated rings. The Bertz CT molecular complexity index is 621. The molecule has 6 heteroatoms. The third-order valence-corrected chi connectivity index (χ3v) is 3.64. The van der Waals surface area contributed by atoms with Crippen molar-refractivity contribution in [2.24, 2.45) is 0 Å². The van der Waals surface area contributed by atoms with Gasteiger partial charge in [-0.15, -0.1) is 5.10 Å². The van der Waals surface area contributed by atoms with E-state index in [2.05, 4.69) is 10.2 Å². The third-order valence-electron chi connectivity index (χ3n) is 3.64. The van der Waals surface area contributed by atoms with Crippen molar-refractivity contribution in [2.45, 2.75) is 18.6 Å². The Morgan fingerprint density at radius 1 is 1.27 bits per heavy atom. The van der Waals surface area contributed by atoms with E-state index in [1.165, 1.54) is 0 Å². The lowest BCUT2D eigenvalue weighted by Gasteiger charge is -2.20. The average molecular weight is 299 g/mol. The second-order valence-electron chi connectivity index (χ2n) is 5.19. The summed E-state index contributed by atoms with van der Waals surface area (Å²) in [6, 6.07) is 12.4. The van der Waals surface area contributed by atoms with Gasteiger partial charge in [0.15, 0.2) is 6.10 Å². The Balaban J connectivity index is 1.59. The summed E-state index contributed by atoms with van der Waals surface area (Å²) in [5.41, 5.74) is 0.603.